The van der Waals surface area contributed by atoms with Gasteiger partial charge in [-0.3, -0.25) is 0 Å². The first-order valence-corrected chi connectivity index (χ1v) is 7.21. The van der Waals surface area contributed by atoms with Gasteiger partial charge < -0.3 is 5.32 Å². The van der Waals surface area contributed by atoms with Crippen molar-refractivity contribution in [2.24, 2.45) is 0 Å². The van der Waals surface area contributed by atoms with Crippen molar-refractivity contribution in [1.29, 1.82) is 0 Å². The molecular weight excluding hydrogens is 249 g/mol. The largest absolute Gasteiger partial charge is 0.308 e. The average molecular weight is 271 g/mol. The Morgan fingerprint density at radius 3 is 2.30 bits per heavy atom. The Morgan fingerprint density at radius 2 is 1.60 bits per heavy atom. The van der Waals surface area contributed by atoms with Crippen molar-refractivity contribution in [3.63, 3.8) is 0 Å². The summed E-state index contributed by atoms with van der Waals surface area (Å²) >= 11 is 0. The summed E-state index contributed by atoms with van der Waals surface area (Å²) in [4.78, 5) is 0. The fourth-order valence-electron chi connectivity index (χ4n) is 2.45. The normalized spacial score (nSPS) is 13.9. The Labute approximate surface area is 120 Å². The molecule has 1 N–H and O–H groups in total. The summed E-state index contributed by atoms with van der Waals surface area (Å²) in [5.74, 6) is -0.136. The van der Waals surface area contributed by atoms with Crippen LogP contribution < -0.4 is 5.32 Å². The van der Waals surface area contributed by atoms with Gasteiger partial charge in [-0.1, -0.05) is 48.5 Å². The summed E-state index contributed by atoms with van der Waals surface area (Å²) in [5, 5.41) is 3.47. The molecule has 1 unspecified atom stereocenters. The molecule has 0 bridgehead atoms. The fourth-order valence-corrected chi connectivity index (χ4v) is 2.45. The molecule has 2 aromatic rings. The van der Waals surface area contributed by atoms with Crippen molar-refractivity contribution in [3.8, 4) is 0 Å². The molecule has 0 heterocycles. The molecule has 2 atom stereocenters. The van der Waals surface area contributed by atoms with Crippen LogP contribution in [-0.4, -0.2) is 6.04 Å². The molecule has 0 aromatic heterocycles. The van der Waals surface area contributed by atoms with E-state index in [1.807, 2.05) is 25.1 Å². The Balaban J connectivity index is 1.85. The SMILES string of the molecule is CC(CCc1ccccc1)N[C@H](C)c1ccccc1F. The van der Waals surface area contributed by atoms with Crippen LogP contribution >= 0.6 is 0 Å². The maximum Gasteiger partial charge on any atom is 0.127 e. The second-order valence-electron chi connectivity index (χ2n) is 5.34. The van der Waals surface area contributed by atoms with Gasteiger partial charge in [0.15, 0.2) is 0 Å². The third-order valence-corrected chi connectivity index (χ3v) is 3.62. The first-order chi connectivity index (χ1) is 9.66. The molecule has 0 fully saturated rings. The van der Waals surface area contributed by atoms with Gasteiger partial charge in [-0.2, -0.15) is 0 Å². The summed E-state index contributed by atoms with van der Waals surface area (Å²) in [6, 6.07) is 17.8. The zero-order valence-corrected chi connectivity index (χ0v) is 12.1. The first-order valence-electron chi connectivity index (χ1n) is 7.21. The first kappa shape index (κ1) is 14.7. The van der Waals surface area contributed by atoms with Crippen LogP contribution in [0.4, 0.5) is 4.39 Å². The number of aryl methyl sites for hydroxylation is 1. The van der Waals surface area contributed by atoms with Crippen LogP contribution in [-0.2, 0) is 6.42 Å². The molecule has 0 saturated heterocycles. The molecule has 0 aliphatic rings. The van der Waals surface area contributed by atoms with Crippen LogP contribution in [0.5, 0.6) is 0 Å². The Bertz CT molecular complexity index is 524. The molecule has 1 nitrogen and oxygen atoms in total. The second-order valence-corrected chi connectivity index (χ2v) is 5.34. The van der Waals surface area contributed by atoms with E-state index in [9.17, 15) is 4.39 Å². The van der Waals surface area contributed by atoms with Gasteiger partial charge in [0.1, 0.15) is 5.82 Å². The van der Waals surface area contributed by atoms with Crippen molar-refractivity contribution in [1.82, 2.24) is 5.32 Å². The monoisotopic (exact) mass is 271 g/mol. The molecule has 2 heteroatoms. The third kappa shape index (κ3) is 4.17. The van der Waals surface area contributed by atoms with E-state index in [0.29, 0.717) is 6.04 Å². The lowest BCUT2D eigenvalue weighted by Gasteiger charge is -2.20. The summed E-state index contributed by atoms with van der Waals surface area (Å²) in [7, 11) is 0. The van der Waals surface area contributed by atoms with E-state index in [2.05, 4.69) is 36.5 Å². The maximum absolute atomic E-state index is 13.7. The fraction of sp³-hybridized carbons (Fsp3) is 0.333. The van der Waals surface area contributed by atoms with Gasteiger partial charge in [0, 0.05) is 17.6 Å². The van der Waals surface area contributed by atoms with Gasteiger partial charge in [-0.25, -0.2) is 4.39 Å². The minimum absolute atomic E-state index is 0.0296. The predicted molar refractivity (Wildman–Crippen MR) is 82.2 cm³/mol. The molecule has 106 valence electrons. The van der Waals surface area contributed by atoms with Crippen LogP contribution in [0.3, 0.4) is 0 Å². The second kappa shape index (κ2) is 7.20. The highest BCUT2D eigenvalue weighted by Gasteiger charge is 2.12. The number of hydrogen-bond donors (Lipinski definition) is 1. The molecule has 0 aliphatic heterocycles. The summed E-state index contributed by atoms with van der Waals surface area (Å²) in [6.07, 6.45) is 2.09. The van der Waals surface area contributed by atoms with E-state index in [0.717, 1.165) is 18.4 Å². The standard InChI is InChI=1S/C18H22FN/c1-14(12-13-16-8-4-3-5-9-16)20-15(2)17-10-6-7-11-18(17)19/h3-11,14-15,20H,12-13H2,1-2H3/t14?,15-/m1/s1. The number of nitrogens with one attached hydrogen (secondary N) is 1. The van der Waals surface area contributed by atoms with E-state index >= 15 is 0 Å². The van der Waals surface area contributed by atoms with Gasteiger partial charge in [-0.15, -0.1) is 0 Å². The van der Waals surface area contributed by atoms with Crippen molar-refractivity contribution in [3.05, 3.63) is 71.5 Å². The lowest BCUT2D eigenvalue weighted by molar-refractivity contribution is 0.443. The number of halogens is 1. The Morgan fingerprint density at radius 1 is 0.950 bits per heavy atom. The molecule has 2 rings (SSSR count). The quantitative estimate of drug-likeness (QED) is 0.815. The minimum atomic E-state index is -0.136. The van der Waals surface area contributed by atoms with Gasteiger partial charge in [0.05, 0.1) is 0 Å². The van der Waals surface area contributed by atoms with Crippen molar-refractivity contribution >= 4 is 0 Å². The van der Waals surface area contributed by atoms with Crippen LogP contribution in [0.25, 0.3) is 0 Å². The van der Waals surface area contributed by atoms with E-state index in [1.165, 1.54) is 11.6 Å². The van der Waals surface area contributed by atoms with Gasteiger partial charge >= 0.3 is 0 Å². The van der Waals surface area contributed by atoms with Crippen LogP contribution in [0.2, 0.25) is 0 Å². The number of hydrogen-bond acceptors (Lipinski definition) is 1. The number of rotatable bonds is 6. The lowest BCUT2D eigenvalue weighted by atomic mass is 10.0. The van der Waals surface area contributed by atoms with Gasteiger partial charge in [0.2, 0.25) is 0 Å². The molecule has 2 aromatic carbocycles. The highest BCUT2D eigenvalue weighted by molar-refractivity contribution is 5.20. The lowest BCUT2D eigenvalue weighted by Crippen LogP contribution is -2.29. The minimum Gasteiger partial charge on any atom is -0.308 e. The number of benzene rings is 2. The highest BCUT2D eigenvalue weighted by Crippen LogP contribution is 2.17. The Hall–Kier alpha value is -1.67. The predicted octanol–water partition coefficient (Wildman–Crippen LogP) is 4.50. The third-order valence-electron chi connectivity index (χ3n) is 3.62. The van der Waals surface area contributed by atoms with Gasteiger partial charge in [0.25, 0.3) is 0 Å². The molecule has 0 saturated carbocycles. The zero-order chi connectivity index (χ0) is 14.4. The topological polar surface area (TPSA) is 12.0 Å². The molecule has 20 heavy (non-hydrogen) atoms. The van der Waals surface area contributed by atoms with Crippen LogP contribution in [0, 0.1) is 5.82 Å². The summed E-state index contributed by atoms with van der Waals surface area (Å²) in [5.41, 5.74) is 2.08. The van der Waals surface area contributed by atoms with Gasteiger partial charge in [-0.05, 0) is 38.3 Å². The molecule has 0 spiro atoms. The van der Waals surface area contributed by atoms with Crippen LogP contribution in [0.15, 0.2) is 54.6 Å². The summed E-state index contributed by atoms with van der Waals surface area (Å²) in [6.45, 7) is 4.16. The molecule has 0 aliphatic carbocycles. The van der Waals surface area contributed by atoms with E-state index in [-0.39, 0.29) is 11.9 Å². The van der Waals surface area contributed by atoms with E-state index in [4.69, 9.17) is 0 Å². The van der Waals surface area contributed by atoms with Crippen LogP contribution in [0.1, 0.15) is 37.4 Å². The average Bonchev–Trinajstić information content (AvgIpc) is 2.46. The molecule has 0 amide bonds. The van der Waals surface area contributed by atoms with Crippen molar-refractivity contribution < 1.29 is 4.39 Å². The highest BCUT2D eigenvalue weighted by atomic mass is 19.1. The smallest absolute Gasteiger partial charge is 0.127 e. The molecular formula is C18H22FN. The zero-order valence-electron chi connectivity index (χ0n) is 12.1. The van der Waals surface area contributed by atoms with Crippen molar-refractivity contribution in [2.45, 2.75) is 38.8 Å². The summed E-state index contributed by atoms with van der Waals surface area (Å²) < 4.78 is 13.7. The van der Waals surface area contributed by atoms with E-state index in [1.54, 1.807) is 6.07 Å². The van der Waals surface area contributed by atoms with Crippen molar-refractivity contribution in [2.75, 3.05) is 0 Å². The Kier molecular flexibility index (Phi) is 5.31. The maximum atomic E-state index is 13.7. The molecule has 0 radical (unpaired) electrons. The van der Waals surface area contributed by atoms with E-state index < -0.39 is 0 Å².